The number of benzene rings is 1. The lowest BCUT2D eigenvalue weighted by molar-refractivity contribution is -0.113. The van der Waals surface area contributed by atoms with Gasteiger partial charge in [-0.2, -0.15) is 0 Å². The highest BCUT2D eigenvalue weighted by atomic mass is 32.2. The number of phenols is 1. The molecule has 0 heterocycles. The second kappa shape index (κ2) is 5.45. The molecule has 0 spiro atoms. The minimum absolute atomic E-state index is 0.0185. The predicted molar refractivity (Wildman–Crippen MR) is 73.7 cm³/mol. The Labute approximate surface area is 107 Å². The number of anilines is 1. The van der Waals surface area contributed by atoms with E-state index in [0.29, 0.717) is 5.75 Å². The fourth-order valence-corrected chi connectivity index (χ4v) is 1.85. The van der Waals surface area contributed by atoms with Gasteiger partial charge in [0.05, 0.1) is 5.75 Å². The van der Waals surface area contributed by atoms with Crippen LogP contribution in [0.5, 0.6) is 5.75 Å². The van der Waals surface area contributed by atoms with Crippen LogP contribution in [0.4, 0.5) is 5.69 Å². The maximum absolute atomic E-state index is 11.7. The number of rotatable bonds is 3. The lowest BCUT2D eigenvalue weighted by Crippen LogP contribution is -2.18. The average Bonchev–Trinajstić information content (AvgIpc) is 2.20. The van der Waals surface area contributed by atoms with Crippen LogP contribution < -0.4 is 5.32 Å². The highest BCUT2D eigenvalue weighted by Gasteiger charge is 2.13. The van der Waals surface area contributed by atoms with Gasteiger partial charge in [-0.25, -0.2) is 0 Å². The van der Waals surface area contributed by atoms with Crippen molar-refractivity contribution >= 4 is 23.4 Å². The molecule has 0 aromatic heterocycles. The van der Waals surface area contributed by atoms with Gasteiger partial charge in [0.2, 0.25) is 5.91 Å². The predicted octanol–water partition coefficient (Wildman–Crippen LogP) is 3.17. The standard InChI is InChI=1S/C13H19NO2S/c1-9-7-10(5-6-11(9)15)14-12(16)8-17-13(2,3)4/h5-7,15H,8H2,1-4H3,(H,14,16). The molecule has 3 nitrogen and oxygen atoms in total. The van der Waals surface area contributed by atoms with E-state index in [9.17, 15) is 9.90 Å². The molecule has 1 rings (SSSR count). The zero-order valence-electron chi connectivity index (χ0n) is 10.7. The number of thioether (sulfide) groups is 1. The summed E-state index contributed by atoms with van der Waals surface area (Å²) >= 11 is 1.61. The first-order chi connectivity index (χ1) is 7.78. The van der Waals surface area contributed by atoms with E-state index in [2.05, 4.69) is 26.1 Å². The van der Waals surface area contributed by atoms with Gasteiger partial charge in [-0.1, -0.05) is 20.8 Å². The van der Waals surface area contributed by atoms with Crippen LogP contribution in [0.15, 0.2) is 18.2 Å². The minimum Gasteiger partial charge on any atom is -0.508 e. The minimum atomic E-state index is -0.0185. The number of aryl methyl sites for hydroxylation is 1. The molecule has 0 unspecified atom stereocenters. The molecule has 0 aliphatic heterocycles. The van der Waals surface area contributed by atoms with Crippen molar-refractivity contribution in [2.45, 2.75) is 32.4 Å². The summed E-state index contributed by atoms with van der Waals surface area (Å²) in [6.45, 7) is 8.04. The van der Waals surface area contributed by atoms with Crippen molar-refractivity contribution in [2.24, 2.45) is 0 Å². The first-order valence-electron chi connectivity index (χ1n) is 5.51. The molecule has 0 fully saturated rings. The molecule has 0 saturated heterocycles. The van der Waals surface area contributed by atoms with Gasteiger partial charge in [0.1, 0.15) is 5.75 Å². The van der Waals surface area contributed by atoms with Crippen molar-refractivity contribution in [2.75, 3.05) is 11.1 Å². The number of nitrogens with one attached hydrogen (secondary N) is 1. The molecule has 0 bridgehead atoms. The van der Waals surface area contributed by atoms with Gasteiger partial charge < -0.3 is 10.4 Å². The Balaban J connectivity index is 2.54. The summed E-state index contributed by atoms with van der Waals surface area (Å²) in [5.74, 6) is 0.658. The summed E-state index contributed by atoms with van der Waals surface area (Å²) in [6, 6.07) is 5.04. The van der Waals surface area contributed by atoms with Crippen LogP contribution in [0.2, 0.25) is 0 Å². The van der Waals surface area contributed by atoms with Crippen LogP contribution in [0.25, 0.3) is 0 Å². The van der Waals surface area contributed by atoms with Crippen LogP contribution in [0.1, 0.15) is 26.3 Å². The Kier molecular flexibility index (Phi) is 4.46. The van der Waals surface area contributed by atoms with Crippen LogP contribution >= 0.6 is 11.8 Å². The number of amides is 1. The summed E-state index contributed by atoms with van der Waals surface area (Å²) in [7, 11) is 0. The molecule has 17 heavy (non-hydrogen) atoms. The van der Waals surface area contributed by atoms with E-state index in [0.717, 1.165) is 11.3 Å². The van der Waals surface area contributed by atoms with Crippen molar-refractivity contribution in [3.8, 4) is 5.75 Å². The second-order valence-corrected chi connectivity index (χ2v) is 6.75. The maximum atomic E-state index is 11.7. The van der Waals surface area contributed by atoms with E-state index in [1.54, 1.807) is 36.9 Å². The monoisotopic (exact) mass is 253 g/mol. The molecule has 1 aromatic carbocycles. The van der Waals surface area contributed by atoms with Gasteiger partial charge >= 0.3 is 0 Å². The van der Waals surface area contributed by atoms with E-state index < -0.39 is 0 Å². The van der Waals surface area contributed by atoms with Crippen LogP contribution in [0, 0.1) is 6.92 Å². The number of hydrogen-bond donors (Lipinski definition) is 2. The third kappa shape index (κ3) is 5.13. The lowest BCUT2D eigenvalue weighted by Gasteiger charge is -2.17. The van der Waals surface area contributed by atoms with E-state index in [1.807, 2.05) is 0 Å². The molecule has 0 saturated carbocycles. The summed E-state index contributed by atoms with van der Waals surface area (Å²) in [6.07, 6.45) is 0. The third-order valence-electron chi connectivity index (χ3n) is 2.12. The van der Waals surface area contributed by atoms with Crippen molar-refractivity contribution < 1.29 is 9.90 Å². The van der Waals surface area contributed by atoms with Gasteiger partial charge in [-0.05, 0) is 30.7 Å². The summed E-state index contributed by atoms with van der Waals surface area (Å²) < 4.78 is 0.0855. The molecule has 1 amide bonds. The normalized spacial score (nSPS) is 11.3. The van der Waals surface area contributed by atoms with E-state index in [-0.39, 0.29) is 16.4 Å². The molecule has 4 heteroatoms. The van der Waals surface area contributed by atoms with Gasteiger partial charge in [-0.15, -0.1) is 11.8 Å². The molecule has 0 radical (unpaired) electrons. The number of carbonyl (C=O) groups is 1. The van der Waals surface area contributed by atoms with E-state index >= 15 is 0 Å². The molecule has 94 valence electrons. The smallest absolute Gasteiger partial charge is 0.234 e. The fourth-order valence-electron chi connectivity index (χ4n) is 1.21. The highest BCUT2D eigenvalue weighted by molar-refractivity contribution is 8.01. The second-order valence-electron chi connectivity index (χ2n) is 4.95. The molecule has 0 aliphatic carbocycles. The van der Waals surface area contributed by atoms with Gasteiger partial charge in [-0.3, -0.25) is 4.79 Å². The Bertz CT molecular complexity index is 410. The van der Waals surface area contributed by atoms with Crippen LogP contribution in [-0.2, 0) is 4.79 Å². The van der Waals surface area contributed by atoms with Crippen molar-refractivity contribution in [1.82, 2.24) is 0 Å². The first-order valence-corrected chi connectivity index (χ1v) is 6.50. The third-order valence-corrected chi connectivity index (χ3v) is 3.39. The number of carbonyl (C=O) groups excluding carboxylic acids is 1. The molecule has 0 atom stereocenters. The molecule has 1 aromatic rings. The van der Waals surface area contributed by atoms with E-state index in [1.165, 1.54) is 0 Å². The summed E-state index contributed by atoms with van der Waals surface area (Å²) in [5.41, 5.74) is 1.48. The number of phenolic OH excluding ortho intramolecular Hbond substituents is 1. The Morgan fingerprint density at radius 2 is 2.06 bits per heavy atom. The van der Waals surface area contributed by atoms with Crippen molar-refractivity contribution in [1.29, 1.82) is 0 Å². The van der Waals surface area contributed by atoms with Crippen molar-refractivity contribution in [3.05, 3.63) is 23.8 Å². The molecular formula is C13H19NO2S. The zero-order valence-corrected chi connectivity index (χ0v) is 11.5. The lowest BCUT2D eigenvalue weighted by atomic mass is 10.2. The maximum Gasteiger partial charge on any atom is 0.234 e. The largest absolute Gasteiger partial charge is 0.508 e. The number of aromatic hydroxyl groups is 1. The molecule has 2 N–H and O–H groups in total. The van der Waals surface area contributed by atoms with Gasteiger partial charge in [0.15, 0.2) is 0 Å². The van der Waals surface area contributed by atoms with E-state index in [4.69, 9.17) is 0 Å². The Morgan fingerprint density at radius 3 is 2.59 bits per heavy atom. The van der Waals surface area contributed by atoms with Crippen LogP contribution in [0.3, 0.4) is 0 Å². The highest BCUT2D eigenvalue weighted by Crippen LogP contribution is 2.24. The number of hydrogen-bond acceptors (Lipinski definition) is 3. The first kappa shape index (κ1) is 13.9. The SMILES string of the molecule is Cc1cc(NC(=O)CSC(C)(C)C)ccc1O. The Morgan fingerprint density at radius 1 is 1.41 bits per heavy atom. The fraction of sp³-hybridized carbons (Fsp3) is 0.462. The van der Waals surface area contributed by atoms with Gasteiger partial charge in [0.25, 0.3) is 0 Å². The molecular weight excluding hydrogens is 234 g/mol. The Hall–Kier alpha value is -1.16. The molecule has 0 aliphatic rings. The average molecular weight is 253 g/mol. The quantitative estimate of drug-likeness (QED) is 0.813. The zero-order chi connectivity index (χ0) is 13.1. The van der Waals surface area contributed by atoms with Crippen molar-refractivity contribution in [3.63, 3.8) is 0 Å². The van der Waals surface area contributed by atoms with Crippen LogP contribution in [-0.4, -0.2) is 21.5 Å². The topological polar surface area (TPSA) is 49.3 Å². The van der Waals surface area contributed by atoms with Gasteiger partial charge in [0, 0.05) is 10.4 Å². The summed E-state index contributed by atoms with van der Waals surface area (Å²) in [4.78, 5) is 11.7. The summed E-state index contributed by atoms with van der Waals surface area (Å²) in [5, 5.41) is 12.2.